The molecule has 0 aromatic heterocycles. The number of benzene rings is 2. The van der Waals surface area contributed by atoms with E-state index in [9.17, 15) is 9.59 Å². The van der Waals surface area contributed by atoms with Crippen LogP contribution in [0, 0.1) is 5.92 Å². The number of nitrogens with zero attached hydrogens (tertiary/aromatic N) is 2. The lowest BCUT2D eigenvalue weighted by molar-refractivity contribution is -0.136. The lowest BCUT2D eigenvalue weighted by atomic mass is 9.97. The van der Waals surface area contributed by atoms with Gasteiger partial charge in [-0.2, -0.15) is 0 Å². The van der Waals surface area contributed by atoms with Crippen LogP contribution in [0.15, 0.2) is 36.4 Å². The van der Waals surface area contributed by atoms with Crippen molar-refractivity contribution in [2.75, 3.05) is 54.1 Å². The van der Waals surface area contributed by atoms with E-state index in [1.165, 1.54) is 5.56 Å². The number of ether oxygens (including phenoxy) is 3. The molecule has 2 heterocycles. The van der Waals surface area contributed by atoms with Crippen LogP contribution in [-0.4, -0.2) is 75.7 Å². The number of carbonyl (C=O) groups is 2. The smallest absolute Gasteiger partial charge is 0.251 e. The van der Waals surface area contributed by atoms with Crippen molar-refractivity contribution < 1.29 is 23.8 Å². The molecule has 2 aliphatic rings. The third kappa shape index (κ3) is 5.28. The van der Waals surface area contributed by atoms with E-state index in [0.29, 0.717) is 24.4 Å². The van der Waals surface area contributed by atoms with Crippen LogP contribution in [0.3, 0.4) is 0 Å². The van der Waals surface area contributed by atoms with Gasteiger partial charge in [0.25, 0.3) is 5.91 Å². The molecule has 1 unspecified atom stereocenters. The van der Waals surface area contributed by atoms with Gasteiger partial charge in [0.2, 0.25) is 5.91 Å². The molecule has 34 heavy (non-hydrogen) atoms. The molecule has 1 N–H and O–H groups in total. The van der Waals surface area contributed by atoms with Crippen LogP contribution < -0.4 is 19.5 Å². The minimum Gasteiger partial charge on any atom is -0.497 e. The number of nitrogens with one attached hydrogen (secondary N) is 1. The summed E-state index contributed by atoms with van der Waals surface area (Å²) in [7, 11) is 4.86. The standard InChI is InChI=1S/C26H33N3O5/c1-32-22-6-4-18(5-7-22)25(30)27-10-13-28-11-8-20(16-28)26(31)29-12-9-19-14-23(33-2)24(34-3)15-21(19)17-29/h4-7,14-15,20H,8-13,16-17H2,1-3H3,(H,27,30). The van der Waals surface area contributed by atoms with Crippen molar-refractivity contribution in [3.63, 3.8) is 0 Å². The number of hydrogen-bond acceptors (Lipinski definition) is 6. The van der Waals surface area contributed by atoms with E-state index >= 15 is 0 Å². The number of amides is 2. The number of hydrogen-bond donors (Lipinski definition) is 1. The van der Waals surface area contributed by atoms with Crippen LogP contribution in [0.25, 0.3) is 0 Å². The van der Waals surface area contributed by atoms with Gasteiger partial charge in [0, 0.05) is 38.3 Å². The van der Waals surface area contributed by atoms with Gasteiger partial charge in [-0.25, -0.2) is 0 Å². The lowest BCUT2D eigenvalue weighted by Crippen LogP contribution is -2.41. The van der Waals surface area contributed by atoms with E-state index < -0.39 is 0 Å². The summed E-state index contributed by atoms with van der Waals surface area (Å²) in [5.74, 6) is 2.25. The zero-order valence-corrected chi connectivity index (χ0v) is 20.1. The van der Waals surface area contributed by atoms with Crippen LogP contribution >= 0.6 is 0 Å². The van der Waals surface area contributed by atoms with Crippen molar-refractivity contribution in [3.05, 3.63) is 53.1 Å². The zero-order chi connectivity index (χ0) is 24.1. The molecule has 4 rings (SSSR count). The van der Waals surface area contributed by atoms with Gasteiger partial charge in [-0.3, -0.25) is 9.59 Å². The maximum absolute atomic E-state index is 13.2. The first kappa shape index (κ1) is 23.9. The predicted octanol–water partition coefficient (Wildman–Crippen LogP) is 2.35. The van der Waals surface area contributed by atoms with Gasteiger partial charge in [-0.05, 0) is 66.9 Å². The highest BCUT2D eigenvalue weighted by Crippen LogP contribution is 2.34. The maximum Gasteiger partial charge on any atom is 0.251 e. The molecule has 0 bridgehead atoms. The first-order chi connectivity index (χ1) is 16.5. The monoisotopic (exact) mass is 467 g/mol. The van der Waals surface area contributed by atoms with Crippen molar-refractivity contribution in [1.82, 2.24) is 15.1 Å². The molecule has 2 amide bonds. The van der Waals surface area contributed by atoms with Gasteiger partial charge in [0.05, 0.1) is 27.2 Å². The second-order valence-electron chi connectivity index (χ2n) is 8.76. The molecule has 1 fully saturated rings. The molecule has 1 atom stereocenters. The van der Waals surface area contributed by atoms with E-state index in [0.717, 1.165) is 56.1 Å². The van der Waals surface area contributed by atoms with Crippen LogP contribution in [0.2, 0.25) is 0 Å². The fraction of sp³-hybridized carbons (Fsp3) is 0.462. The summed E-state index contributed by atoms with van der Waals surface area (Å²) in [6.07, 6.45) is 1.66. The summed E-state index contributed by atoms with van der Waals surface area (Å²) >= 11 is 0. The molecule has 8 nitrogen and oxygen atoms in total. The minimum atomic E-state index is -0.103. The highest BCUT2D eigenvalue weighted by Gasteiger charge is 2.33. The number of carbonyl (C=O) groups excluding carboxylic acids is 2. The lowest BCUT2D eigenvalue weighted by Gasteiger charge is -2.31. The minimum absolute atomic E-state index is 0.000941. The summed E-state index contributed by atoms with van der Waals surface area (Å²) in [5.41, 5.74) is 2.94. The summed E-state index contributed by atoms with van der Waals surface area (Å²) in [4.78, 5) is 29.8. The fourth-order valence-electron chi connectivity index (χ4n) is 4.74. The predicted molar refractivity (Wildman–Crippen MR) is 129 cm³/mol. The molecule has 0 saturated carbocycles. The molecular formula is C26H33N3O5. The number of methoxy groups -OCH3 is 3. The quantitative estimate of drug-likeness (QED) is 0.642. The topological polar surface area (TPSA) is 80.3 Å². The first-order valence-corrected chi connectivity index (χ1v) is 11.7. The Morgan fingerprint density at radius 2 is 1.68 bits per heavy atom. The Balaban J connectivity index is 1.25. The van der Waals surface area contributed by atoms with Crippen molar-refractivity contribution in [2.24, 2.45) is 5.92 Å². The van der Waals surface area contributed by atoms with Crippen LogP contribution in [0.1, 0.15) is 27.9 Å². The van der Waals surface area contributed by atoms with Crippen LogP contribution in [-0.2, 0) is 17.8 Å². The van der Waals surface area contributed by atoms with Gasteiger partial charge in [-0.15, -0.1) is 0 Å². The summed E-state index contributed by atoms with van der Waals surface area (Å²) < 4.78 is 16.0. The van der Waals surface area contributed by atoms with Crippen molar-refractivity contribution in [2.45, 2.75) is 19.4 Å². The molecule has 0 radical (unpaired) electrons. The van der Waals surface area contributed by atoms with E-state index in [4.69, 9.17) is 14.2 Å². The Kier molecular flexibility index (Phi) is 7.57. The average molecular weight is 468 g/mol. The number of rotatable bonds is 8. The molecule has 8 heteroatoms. The average Bonchev–Trinajstić information content (AvgIpc) is 3.35. The summed E-state index contributed by atoms with van der Waals surface area (Å²) in [5, 5.41) is 2.96. The molecule has 2 aromatic carbocycles. The molecular weight excluding hydrogens is 434 g/mol. The Morgan fingerprint density at radius 3 is 2.35 bits per heavy atom. The number of fused-ring (bicyclic) bond motifs is 1. The van der Waals surface area contributed by atoms with Crippen LogP contribution in [0.4, 0.5) is 0 Å². The van der Waals surface area contributed by atoms with Gasteiger partial charge < -0.3 is 29.3 Å². The van der Waals surface area contributed by atoms with Gasteiger partial charge in [-0.1, -0.05) is 0 Å². The fourth-order valence-corrected chi connectivity index (χ4v) is 4.74. The van der Waals surface area contributed by atoms with E-state index in [1.54, 1.807) is 45.6 Å². The molecule has 0 aliphatic carbocycles. The normalized spacial score (nSPS) is 17.7. The largest absolute Gasteiger partial charge is 0.497 e. The second-order valence-corrected chi connectivity index (χ2v) is 8.76. The maximum atomic E-state index is 13.2. The van der Waals surface area contributed by atoms with Crippen molar-refractivity contribution in [3.8, 4) is 17.2 Å². The third-order valence-electron chi connectivity index (χ3n) is 6.72. The van der Waals surface area contributed by atoms with Gasteiger partial charge in [0.1, 0.15) is 5.75 Å². The molecule has 182 valence electrons. The second kappa shape index (κ2) is 10.8. The Bertz CT molecular complexity index is 1020. The summed E-state index contributed by atoms with van der Waals surface area (Å²) in [6.45, 7) is 4.19. The molecule has 2 aliphatic heterocycles. The van der Waals surface area contributed by atoms with Crippen molar-refractivity contribution in [1.29, 1.82) is 0 Å². The third-order valence-corrected chi connectivity index (χ3v) is 6.72. The van der Waals surface area contributed by atoms with Gasteiger partial charge in [0.15, 0.2) is 11.5 Å². The first-order valence-electron chi connectivity index (χ1n) is 11.7. The molecule has 2 aromatic rings. The van der Waals surface area contributed by atoms with Gasteiger partial charge >= 0.3 is 0 Å². The SMILES string of the molecule is COc1ccc(C(=O)NCCN2CCC(C(=O)N3CCc4cc(OC)c(OC)cc4C3)C2)cc1. The Hall–Kier alpha value is -3.26. The highest BCUT2D eigenvalue weighted by molar-refractivity contribution is 5.94. The van der Waals surface area contributed by atoms with E-state index in [1.807, 2.05) is 17.0 Å². The van der Waals surface area contributed by atoms with Crippen LogP contribution in [0.5, 0.6) is 17.2 Å². The number of likely N-dealkylation sites (tertiary alicyclic amines) is 1. The Morgan fingerprint density at radius 1 is 0.971 bits per heavy atom. The van der Waals surface area contributed by atoms with E-state index in [2.05, 4.69) is 10.2 Å². The molecule has 1 saturated heterocycles. The Labute approximate surface area is 200 Å². The zero-order valence-electron chi connectivity index (χ0n) is 20.1. The summed E-state index contributed by atoms with van der Waals surface area (Å²) in [6, 6.07) is 11.1. The van der Waals surface area contributed by atoms with E-state index in [-0.39, 0.29) is 17.7 Å². The molecule has 0 spiro atoms. The highest BCUT2D eigenvalue weighted by atomic mass is 16.5. The van der Waals surface area contributed by atoms with Crippen molar-refractivity contribution >= 4 is 11.8 Å².